The molecule has 0 aliphatic heterocycles. The number of hydrogen-bond acceptors (Lipinski definition) is 12. The van der Waals surface area contributed by atoms with Crippen LogP contribution in [0.3, 0.4) is 0 Å². The molecular formula is C31H19N3O10S. The number of aryl methyl sites for hydroxylation is 1. The number of allylic oxidation sites excluding steroid dienone is 2. The van der Waals surface area contributed by atoms with E-state index in [0.717, 1.165) is 13.2 Å². The molecule has 13 nitrogen and oxygen atoms in total. The van der Waals surface area contributed by atoms with Crippen LogP contribution in [0.4, 0.5) is 0 Å². The number of Topliss-reactive ketones (excluding diaryl/α,β-unsaturated/α-hetero) is 3. The van der Waals surface area contributed by atoms with Gasteiger partial charge in [-0.15, -0.1) is 11.3 Å². The molecule has 14 heteroatoms. The average Bonchev–Trinajstić information content (AvgIpc) is 3.72. The number of fused-ring (bicyclic) bond motifs is 5. The number of ether oxygens (including phenoxy) is 1. The fourth-order valence-electron chi connectivity index (χ4n) is 6.45. The molecule has 2 heterocycles. The van der Waals surface area contributed by atoms with Crippen LogP contribution in [0.2, 0.25) is 0 Å². The summed E-state index contributed by atoms with van der Waals surface area (Å²) in [4.78, 5) is 82.2. The Bertz CT molecular complexity index is 2230. The minimum absolute atomic E-state index is 0.0892. The number of nitrogens with zero attached hydrogens (tertiary/aromatic N) is 1. The highest BCUT2D eigenvalue weighted by atomic mass is 32.1. The number of nitrogens with one attached hydrogen (secondary N) is 2. The van der Waals surface area contributed by atoms with Crippen LogP contribution in [0.5, 0.6) is 17.2 Å². The Hall–Kier alpha value is -5.89. The van der Waals surface area contributed by atoms with E-state index in [1.807, 2.05) is 0 Å². The molecule has 1 amide bonds. The van der Waals surface area contributed by atoms with E-state index < -0.39 is 85.3 Å². The van der Waals surface area contributed by atoms with Crippen molar-refractivity contribution < 1.29 is 44.0 Å². The molecule has 0 fully saturated rings. The first-order valence-corrected chi connectivity index (χ1v) is 14.2. The second-order valence-corrected chi connectivity index (χ2v) is 11.6. The summed E-state index contributed by atoms with van der Waals surface area (Å²) in [6.07, 6.45) is 1.91. The zero-order valence-electron chi connectivity index (χ0n) is 23.0. The fourth-order valence-corrected chi connectivity index (χ4v) is 7.06. The molecule has 1 unspecified atom stereocenters. The number of carbonyl (C=O) groups is 5. The Morgan fingerprint density at radius 3 is 2.40 bits per heavy atom. The highest BCUT2D eigenvalue weighted by Gasteiger charge is 2.61. The van der Waals surface area contributed by atoms with Gasteiger partial charge in [-0.25, -0.2) is 5.43 Å². The number of hydrazone groups is 1. The minimum Gasteiger partial charge on any atom is -0.507 e. The smallest absolute Gasteiger partial charge is 0.281 e. The van der Waals surface area contributed by atoms with Crippen molar-refractivity contribution in [2.24, 2.45) is 5.10 Å². The maximum absolute atomic E-state index is 14.1. The third-order valence-corrected chi connectivity index (χ3v) is 9.24. The number of phenolic OH excluding ortho intramolecular Hbond substituents is 3. The van der Waals surface area contributed by atoms with E-state index in [1.165, 1.54) is 29.7 Å². The Kier molecular flexibility index (Phi) is 5.93. The third kappa shape index (κ3) is 3.62. The summed E-state index contributed by atoms with van der Waals surface area (Å²) < 4.78 is 4.91. The van der Waals surface area contributed by atoms with Gasteiger partial charge in [-0.05, 0) is 41.3 Å². The summed E-state index contributed by atoms with van der Waals surface area (Å²) >= 11 is 1.22. The molecule has 2 aromatic carbocycles. The lowest BCUT2D eigenvalue weighted by molar-refractivity contribution is 0.0790. The molecule has 1 spiro atoms. The maximum atomic E-state index is 14.1. The number of ketones is 4. The largest absolute Gasteiger partial charge is 0.507 e. The van der Waals surface area contributed by atoms with Gasteiger partial charge in [0.1, 0.15) is 22.7 Å². The zero-order chi connectivity index (χ0) is 31.9. The number of benzene rings is 2. The number of aromatic amines is 1. The van der Waals surface area contributed by atoms with Gasteiger partial charge in [0, 0.05) is 11.6 Å². The van der Waals surface area contributed by atoms with Gasteiger partial charge in [-0.2, -0.15) is 5.10 Å². The first kappa shape index (κ1) is 27.9. The highest BCUT2D eigenvalue weighted by Crippen LogP contribution is 2.57. The van der Waals surface area contributed by atoms with Gasteiger partial charge in [-0.3, -0.25) is 28.8 Å². The normalized spacial score (nSPS) is 18.5. The second-order valence-electron chi connectivity index (χ2n) is 10.6. The molecule has 7 rings (SSSR count). The SMILES string of the molecule is COC1=CC(=O)c2c(O)c3c(c(O)c2C1=O)C(=O)C1(CCc2cc4cc(C=NNC(=O)c5cccs5)[nH]c(=O)c4c(O)c21)C3=O. The van der Waals surface area contributed by atoms with Crippen molar-refractivity contribution in [3.8, 4) is 17.2 Å². The van der Waals surface area contributed by atoms with Crippen LogP contribution in [0.1, 0.15) is 74.3 Å². The number of hydrogen-bond donors (Lipinski definition) is 5. The first-order chi connectivity index (χ1) is 21.5. The molecule has 2 aromatic heterocycles. The van der Waals surface area contributed by atoms with E-state index >= 15 is 0 Å². The number of rotatable bonds is 4. The number of aromatic nitrogens is 1. The van der Waals surface area contributed by atoms with Crippen LogP contribution in [0.25, 0.3) is 10.8 Å². The molecule has 0 radical (unpaired) electrons. The number of carbonyl (C=O) groups excluding carboxylic acids is 5. The van der Waals surface area contributed by atoms with Gasteiger partial charge in [0.2, 0.25) is 5.78 Å². The van der Waals surface area contributed by atoms with Gasteiger partial charge in [-0.1, -0.05) is 12.1 Å². The molecule has 4 aromatic rings. The highest BCUT2D eigenvalue weighted by molar-refractivity contribution is 7.12. The van der Waals surface area contributed by atoms with Crippen molar-refractivity contribution in [3.63, 3.8) is 0 Å². The van der Waals surface area contributed by atoms with Gasteiger partial charge in [0.15, 0.2) is 23.1 Å². The summed E-state index contributed by atoms with van der Waals surface area (Å²) in [5.74, 6) is -7.31. The molecule has 3 aliphatic rings. The van der Waals surface area contributed by atoms with Crippen molar-refractivity contribution in [3.05, 3.63) is 95.8 Å². The summed E-state index contributed by atoms with van der Waals surface area (Å²) in [6, 6.07) is 6.34. The average molecular weight is 626 g/mol. The van der Waals surface area contributed by atoms with Crippen molar-refractivity contribution in [1.82, 2.24) is 10.4 Å². The Morgan fingerprint density at radius 1 is 1.02 bits per heavy atom. The molecule has 3 aliphatic carbocycles. The fraction of sp³-hybridized carbons (Fsp3) is 0.129. The van der Waals surface area contributed by atoms with E-state index in [9.17, 15) is 44.1 Å². The number of amides is 1. The Morgan fingerprint density at radius 2 is 1.73 bits per heavy atom. The maximum Gasteiger partial charge on any atom is 0.281 e. The number of pyridine rings is 1. The van der Waals surface area contributed by atoms with Crippen molar-refractivity contribution >= 4 is 57.4 Å². The Labute approximate surface area is 255 Å². The topological polar surface area (TPSA) is 213 Å². The lowest BCUT2D eigenvalue weighted by Gasteiger charge is -2.22. The van der Waals surface area contributed by atoms with E-state index in [0.29, 0.717) is 10.4 Å². The lowest BCUT2D eigenvalue weighted by Crippen LogP contribution is -2.36. The number of phenols is 3. The summed E-state index contributed by atoms with van der Waals surface area (Å²) in [6.45, 7) is 0. The summed E-state index contributed by atoms with van der Waals surface area (Å²) in [7, 11) is 1.13. The van der Waals surface area contributed by atoms with Crippen LogP contribution >= 0.6 is 11.3 Å². The van der Waals surface area contributed by atoms with Crippen LogP contribution < -0.4 is 11.0 Å². The molecular weight excluding hydrogens is 606 g/mol. The monoisotopic (exact) mass is 625 g/mol. The third-order valence-electron chi connectivity index (χ3n) is 8.38. The molecule has 0 saturated carbocycles. The van der Waals surface area contributed by atoms with E-state index in [-0.39, 0.29) is 34.9 Å². The standard InChI is InChI=1S/C31H19N3O10S/c1-44-15-9-14(35)18-19(23(15)36)25(38)21-20(24(18)37)27(40)31(28(21)41)5-4-11-7-12-8-13(33-30(43)17(12)26(39)22(11)31)10-32-34-29(42)16-3-2-6-45-16/h2-3,6-10,37-39H,4-5H2,1H3,(H,33,43)(H,34,42). The molecule has 224 valence electrons. The summed E-state index contributed by atoms with van der Waals surface area (Å²) in [5.41, 5.74) is -2.83. The first-order valence-electron chi connectivity index (χ1n) is 13.4. The molecule has 0 bridgehead atoms. The van der Waals surface area contributed by atoms with E-state index in [2.05, 4.69) is 15.5 Å². The predicted molar refractivity (Wildman–Crippen MR) is 158 cm³/mol. The number of H-pyrrole nitrogens is 1. The minimum atomic E-state index is -2.14. The van der Waals surface area contributed by atoms with Gasteiger partial charge < -0.3 is 25.0 Å². The Balaban J connectivity index is 1.33. The van der Waals surface area contributed by atoms with Crippen LogP contribution in [0, 0.1) is 0 Å². The number of thiophene rings is 1. The lowest BCUT2D eigenvalue weighted by atomic mass is 9.76. The van der Waals surface area contributed by atoms with Crippen molar-refractivity contribution in [2.75, 3.05) is 7.11 Å². The van der Waals surface area contributed by atoms with Crippen molar-refractivity contribution in [2.45, 2.75) is 18.3 Å². The van der Waals surface area contributed by atoms with E-state index in [4.69, 9.17) is 4.74 Å². The zero-order valence-corrected chi connectivity index (χ0v) is 23.8. The predicted octanol–water partition coefficient (Wildman–Crippen LogP) is 2.64. The van der Waals surface area contributed by atoms with Crippen LogP contribution in [0.15, 0.2) is 51.4 Å². The molecule has 5 N–H and O–H groups in total. The van der Waals surface area contributed by atoms with E-state index in [1.54, 1.807) is 17.5 Å². The van der Waals surface area contributed by atoms with Gasteiger partial charge in [0.05, 0.1) is 51.5 Å². The van der Waals surface area contributed by atoms with Crippen molar-refractivity contribution in [1.29, 1.82) is 0 Å². The number of methoxy groups -OCH3 is 1. The number of aromatic hydroxyl groups is 3. The molecule has 45 heavy (non-hydrogen) atoms. The quantitative estimate of drug-likeness (QED) is 0.0968. The molecule has 0 saturated heterocycles. The van der Waals surface area contributed by atoms with Gasteiger partial charge >= 0.3 is 0 Å². The summed E-state index contributed by atoms with van der Waals surface area (Å²) in [5, 5.41) is 39.3. The van der Waals surface area contributed by atoms with Crippen LogP contribution in [-0.2, 0) is 16.6 Å². The molecule has 1 atom stereocenters. The second kappa shape index (κ2) is 9.56. The van der Waals surface area contributed by atoms with Gasteiger partial charge in [0.25, 0.3) is 11.5 Å². The van der Waals surface area contributed by atoms with Crippen LogP contribution in [-0.4, -0.2) is 62.7 Å².